The number of nitrogens with one attached hydrogen (secondary N) is 1. The summed E-state index contributed by atoms with van der Waals surface area (Å²) in [5, 5.41) is 4.65. The average molecular weight is 552 g/mol. The molecule has 3 N–H and O–H groups in total. The Morgan fingerprint density at radius 3 is 1.89 bits per heavy atom. The van der Waals surface area contributed by atoms with E-state index < -0.39 is 20.2 Å². The van der Waals surface area contributed by atoms with E-state index in [2.05, 4.69) is 68.9 Å². The molecular weight excluding hydrogens is 548 g/mol. The van der Waals surface area contributed by atoms with Crippen molar-refractivity contribution in [2.24, 2.45) is 5.14 Å². The molecule has 0 fully saturated rings. The summed E-state index contributed by atoms with van der Waals surface area (Å²) >= 11 is 12.6. The molecule has 0 saturated heterocycles. The molecule has 1 aromatic rings. The molecule has 0 saturated carbocycles. The van der Waals surface area contributed by atoms with Crippen LogP contribution in [0.15, 0.2) is 28.9 Å². The summed E-state index contributed by atoms with van der Waals surface area (Å²) in [5.41, 5.74) is 0. The van der Waals surface area contributed by atoms with Crippen LogP contribution in [-0.4, -0.2) is 16.8 Å². The molecule has 0 unspecified atom stereocenters. The minimum absolute atomic E-state index is 0.161. The van der Waals surface area contributed by atoms with E-state index in [4.69, 9.17) is 0 Å². The molecule has 0 heterocycles. The van der Waals surface area contributed by atoms with Crippen LogP contribution in [0.1, 0.15) is 0 Å². The number of benzene rings is 1. The maximum absolute atomic E-state index is 11.8. The molecular formula is C6H4Br4N2O4S2. The van der Waals surface area contributed by atoms with Crippen molar-refractivity contribution in [1.82, 2.24) is 4.13 Å². The van der Waals surface area contributed by atoms with Gasteiger partial charge in [0.2, 0.25) is 0 Å². The first-order chi connectivity index (χ1) is 7.96. The molecule has 102 valence electrons. The van der Waals surface area contributed by atoms with Gasteiger partial charge in [-0.3, -0.25) is 0 Å². The molecule has 0 bridgehead atoms. The van der Waals surface area contributed by atoms with Crippen molar-refractivity contribution in [3.05, 3.63) is 24.0 Å². The predicted octanol–water partition coefficient (Wildman–Crippen LogP) is 2.22. The van der Waals surface area contributed by atoms with E-state index in [1.165, 1.54) is 10.2 Å². The molecule has 0 radical (unpaired) electrons. The lowest BCUT2D eigenvalue weighted by Gasteiger charge is -2.10. The molecule has 6 nitrogen and oxygen atoms in total. The van der Waals surface area contributed by atoms with E-state index in [1.54, 1.807) is 0 Å². The van der Waals surface area contributed by atoms with Gasteiger partial charge < -0.3 is 0 Å². The third-order valence-corrected chi connectivity index (χ3v) is 9.22. The fourth-order valence-corrected chi connectivity index (χ4v) is 6.07. The summed E-state index contributed by atoms with van der Waals surface area (Å²) in [5.74, 6) is 0. The monoisotopic (exact) mass is 548 g/mol. The highest BCUT2D eigenvalue weighted by Gasteiger charge is 2.25. The van der Waals surface area contributed by atoms with Crippen molar-refractivity contribution in [2.75, 3.05) is 0 Å². The fourth-order valence-electron chi connectivity index (χ4n) is 0.945. The van der Waals surface area contributed by atoms with E-state index in [0.717, 1.165) is 0 Å². The highest BCUT2D eigenvalue weighted by atomic mass is 79.9. The Morgan fingerprint density at radius 2 is 1.44 bits per heavy atom. The van der Waals surface area contributed by atoms with E-state index in [1.807, 2.05) is 0 Å². The zero-order chi connectivity index (χ0) is 14.3. The Bertz CT molecular complexity index is 701. The highest BCUT2D eigenvalue weighted by Crippen LogP contribution is 2.40. The second-order valence-corrected chi connectivity index (χ2v) is 9.37. The quantitative estimate of drug-likeness (QED) is 0.444. The molecule has 1 rings (SSSR count). The van der Waals surface area contributed by atoms with Crippen molar-refractivity contribution in [3.63, 3.8) is 0 Å². The maximum Gasteiger partial charge on any atom is 0.287 e. The van der Waals surface area contributed by atoms with Crippen molar-refractivity contribution in [3.8, 4) is 0 Å². The molecule has 0 amide bonds. The van der Waals surface area contributed by atoms with Gasteiger partial charge in [-0.1, -0.05) is 4.13 Å². The van der Waals surface area contributed by atoms with E-state index >= 15 is 0 Å². The zero-order valence-electron chi connectivity index (χ0n) is 8.12. The van der Waals surface area contributed by atoms with Gasteiger partial charge >= 0.3 is 0 Å². The van der Waals surface area contributed by atoms with E-state index in [-0.39, 0.29) is 9.37 Å². The molecule has 0 aliphatic carbocycles. The van der Waals surface area contributed by atoms with Gasteiger partial charge in [0.15, 0.2) is 0 Å². The zero-order valence-corrected chi connectivity index (χ0v) is 16.1. The van der Waals surface area contributed by atoms with Gasteiger partial charge in [0, 0.05) is 13.4 Å². The Labute approximate surface area is 137 Å². The van der Waals surface area contributed by atoms with Crippen LogP contribution in [0.2, 0.25) is 0 Å². The lowest BCUT2D eigenvalue weighted by molar-refractivity contribution is 0.577. The van der Waals surface area contributed by atoms with Crippen molar-refractivity contribution >= 4 is 84.0 Å². The van der Waals surface area contributed by atoms with Crippen LogP contribution in [0.4, 0.5) is 0 Å². The third kappa shape index (κ3) is 3.98. The van der Waals surface area contributed by atoms with Gasteiger partial charge in [0.05, 0.1) is 9.37 Å². The summed E-state index contributed by atoms with van der Waals surface area (Å²) in [4.78, 5) is -0.279. The number of halogens is 4. The van der Waals surface area contributed by atoms with Gasteiger partial charge in [-0.15, -0.1) is 0 Å². The molecule has 18 heavy (non-hydrogen) atoms. The van der Waals surface area contributed by atoms with Crippen LogP contribution < -0.4 is 9.27 Å². The van der Waals surface area contributed by atoms with E-state index in [9.17, 15) is 16.8 Å². The number of hydrogen-bond acceptors (Lipinski definition) is 4. The Hall–Kier alpha value is 0.960. The normalized spacial score (nSPS) is 12.7. The topological polar surface area (TPSA) is 106 Å². The summed E-state index contributed by atoms with van der Waals surface area (Å²) in [6, 6.07) is 1.23. The molecule has 0 spiro atoms. The Kier molecular flexibility index (Phi) is 5.44. The summed E-state index contributed by atoms with van der Waals surface area (Å²) in [6.07, 6.45) is 0. The van der Waals surface area contributed by atoms with Crippen LogP contribution in [0, 0.1) is 0 Å². The lowest BCUT2D eigenvalue weighted by Crippen LogP contribution is -2.36. The standard InChI is InChI=1S/C6H4Br4N2O4S2/c7-2-1-3(5(9)6(10)4(2)8)17(13,14)12-18(11,15)16/h1,12H,(H2,11,15,16). The lowest BCUT2D eigenvalue weighted by atomic mass is 10.4. The second kappa shape index (κ2) is 5.76. The number of nitrogens with two attached hydrogens (primary N) is 1. The van der Waals surface area contributed by atoms with Gasteiger partial charge in [0.25, 0.3) is 20.2 Å². The average Bonchev–Trinajstić information content (AvgIpc) is 2.16. The van der Waals surface area contributed by atoms with Crippen LogP contribution in [-0.2, 0) is 20.2 Å². The molecule has 0 aliphatic rings. The van der Waals surface area contributed by atoms with Crippen LogP contribution >= 0.6 is 63.7 Å². The smallest absolute Gasteiger partial charge is 0.215 e. The minimum atomic E-state index is -4.38. The Morgan fingerprint density at radius 1 is 0.944 bits per heavy atom. The SMILES string of the molecule is NS(=O)(=O)NS(=O)(=O)c1cc(Br)c(Br)c(Br)c1Br. The number of hydrogen-bond donors (Lipinski definition) is 2. The first-order valence-corrected chi connectivity index (χ1v) is 10.0. The number of rotatable bonds is 3. The van der Waals surface area contributed by atoms with E-state index in [0.29, 0.717) is 13.4 Å². The largest absolute Gasteiger partial charge is 0.287 e. The minimum Gasteiger partial charge on any atom is -0.215 e. The third-order valence-electron chi connectivity index (χ3n) is 1.58. The van der Waals surface area contributed by atoms with Crippen LogP contribution in [0.5, 0.6) is 0 Å². The van der Waals surface area contributed by atoms with Gasteiger partial charge in [-0.05, 0) is 69.8 Å². The molecule has 0 atom stereocenters. The van der Waals surface area contributed by atoms with Crippen LogP contribution in [0.3, 0.4) is 0 Å². The summed E-state index contributed by atoms with van der Waals surface area (Å²) in [6.45, 7) is 0. The first-order valence-electron chi connectivity index (χ1n) is 3.85. The molecule has 12 heteroatoms. The van der Waals surface area contributed by atoms with Crippen molar-refractivity contribution in [1.29, 1.82) is 0 Å². The first kappa shape index (κ1) is 17.0. The molecule has 0 aliphatic heterocycles. The van der Waals surface area contributed by atoms with Crippen molar-refractivity contribution < 1.29 is 16.8 Å². The number of sulfonamides is 1. The predicted molar refractivity (Wildman–Crippen MR) is 80.7 cm³/mol. The summed E-state index contributed by atoms with van der Waals surface area (Å²) in [7, 11) is -8.68. The molecule has 1 aromatic carbocycles. The van der Waals surface area contributed by atoms with Gasteiger partial charge in [0.1, 0.15) is 0 Å². The fraction of sp³-hybridized carbons (Fsp3) is 0. The Balaban J connectivity index is 3.53. The summed E-state index contributed by atoms with van der Waals surface area (Å²) < 4.78 is 48.2. The second-order valence-electron chi connectivity index (χ2n) is 2.93. The van der Waals surface area contributed by atoms with Crippen LogP contribution in [0.25, 0.3) is 0 Å². The van der Waals surface area contributed by atoms with Gasteiger partial charge in [-0.25, -0.2) is 13.6 Å². The van der Waals surface area contributed by atoms with Crippen molar-refractivity contribution in [2.45, 2.75) is 4.90 Å². The van der Waals surface area contributed by atoms with Gasteiger partial charge in [-0.2, -0.15) is 8.42 Å². The molecule has 0 aromatic heterocycles. The highest BCUT2D eigenvalue weighted by molar-refractivity contribution is 9.15. The maximum atomic E-state index is 11.8.